The summed E-state index contributed by atoms with van der Waals surface area (Å²) in [5.74, 6) is 0.744. The van der Waals surface area contributed by atoms with Gasteiger partial charge in [-0.25, -0.2) is 0 Å². The second kappa shape index (κ2) is 4.65. The predicted molar refractivity (Wildman–Crippen MR) is 63.0 cm³/mol. The van der Waals surface area contributed by atoms with E-state index in [0.717, 1.165) is 16.7 Å². The van der Waals surface area contributed by atoms with Crippen molar-refractivity contribution < 1.29 is 0 Å². The van der Waals surface area contributed by atoms with E-state index in [1.54, 1.807) is 11.3 Å². The van der Waals surface area contributed by atoms with Crippen LogP contribution in [-0.4, -0.2) is 6.04 Å². The minimum absolute atomic E-state index is 0.336. The fourth-order valence-corrected chi connectivity index (χ4v) is 3.20. The first-order valence-electron chi connectivity index (χ1n) is 5.24. The third kappa shape index (κ3) is 2.50. The zero-order chi connectivity index (χ0) is 9.97. The molecule has 0 aliphatic heterocycles. The number of halogens is 1. The lowest BCUT2D eigenvalue weighted by Crippen LogP contribution is -2.30. The topological polar surface area (TPSA) is 26.0 Å². The number of rotatable bonds is 3. The van der Waals surface area contributed by atoms with E-state index >= 15 is 0 Å². The van der Waals surface area contributed by atoms with Gasteiger partial charge >= 0.3 is 0 Å². The van der Waals surface area contributed by atoms with Gasteiger partial charge in [0.25, 0.3) is 0 Å². The van der Waals surface area contributed by atoms with Crippen LogP contribution in [0.4, 0.5) is 0 Å². The molecule has 1 aromatic rings. The highest BCUT2D eigenvalue weighted by atomic mass is 35.5. The highest BCUT2D eigenvalue weighted by Crippen LogP contribution is 2.29. The number of nitrogens with two attached hydrogens (primary N) is 1. The Labute approximate surface area is 94.3 Å². The summed E-state index contributed by atoms with van der Waals surface area (Å²) in [7, 11) is 0. The molecule has 78 valence electrons. The molecule has 1 aliphatic carbocycles. The summed E-state index contributed by atoms with van der Waals surface area (Å²) in [6.45, 7) is 0. The Balaban J connectivity index is 1.90. The minimum atomic E-state index is 0.336. The maximum absolute atomic E-state index is 6.18. The van der Waals surface area contributed by atoms with Gasteiger partial charge in [-0.1, -0.05) is 24.4 Å². The standard InChI is InChI=1S/C11H16ClNS/c12-11-6-8(7-14-11)5-10(13)9-3-1-2-4-9/h6-7,9-10H,1-5,13H2. The van der Waals surface area contributed by atoms with Crippen LogP contribution in [0.2, 0.25) is 4.34 Å². The lowest BCUT2D eigenvalue weighted by Gasteiger charge is -2.17. The van der Waals surface area contributed by atoms with Crippen LogP contribution in [0.15, 0.2) is 11.4 Å². The second-order valence-corrected chi connectivity index (χ2v) is 5.71. The monoisotopic (exact) mass is 229 g/mol. The largest absolute Gasteiger partial charge is 0.327 e. The van der Waals surface area contributed by atoms with Crippen LogP contribution < -0.4 is 5.73 Å². The zero-order valence-corrected chi connectivity index (χ0v) is 9.78. The van der Waals surface area contributed by atoms with Crippen molar-refractivity contribution in [1.82, 2.24) is 0 Å². The summed E-state index contributed by atoms with van der Waals surface area (Å²) in [4.78, 5) is 0. The summed E-state index contributed by atoms with van der Waals surface area (Å²) < 4.78 is 0.874. The van der Waals surface area contributed by atoms with Crippen molar-refractivity contribution in [3.63, 3.8) is 0 Å². The van der Waals surface area contributed by atoms with Gasteiger partial charge in [0.05, 0.1) is 4.34 Å². The molecule has 14 heavy (non-hydrogen) atoms. The van der Waals surface area contributed by atoms with Gasteiger partial charge in [0.2, 0.25) is 0 Å². The fourth-order valence-electron chi connectivity index (χ4n) is 2.28. The molecular weight excluding hydrogens is 214 g/mol. The Morgan fingerprint density at radius 3 is 2.79 bits per heavy atom. The van der Waals surface area contributed by atoms with Crippen molar-refractivity contribution in [2.24, 2.45) is 11.7 Å². The average molecular weight is 230 g/mol. The molecule has 2 N–H and O–H groups in total. The Kier molecular flexibility index (Phi) is 3.47. The molecule has 0 aromatic carbocycles. The van der Waals surface area contributed by atoms with E-state index in [2.05, 4.69) is 5.38 Å². The molecule has 1 aliphatic rings. The molecule has 1 aromatic heterocycles. The highest BCUT2D eigenvalue weighted by molar-refractivity contribution is 7.14. The van der Waals surface area contributed by atoms with Crippen LogP contribution in [0.25, 0.3) is 0 Å². The maximum atomic E-state index is 6.18. The van der Waals surface area contributed by atoms with Crippen molar-refractivity contribution in [3.8, 4) is 0 Å². The fraction of sp³-hybridized carbons (Fsp3) is 0.636. The number of hydrogen-bond acceptors (Lipinski definition) is 2. The van der Waals surface area contributed by atoms with Gasteiger partial charge in [-0.15, -0.1) is 11.3 Å². The predicted octanol–water partition coefficient (Wildman–Crippen LogP) is 3.46. The zero-order valence-electron chi connectivity index (χ0n) is 8.21. The van der Waals surface area contributed by atoms with Crippen LogP contribution in [0.3, 0.4) is 0 Å². The molecular formula is C11H16ClNS. The van der Waals surface area contributed by atoms with Gasteiger partial charge in [0, 0.05) is 6.04 Å². The van der Waals surface area contributed by atoms with Gasteiger partial charge in [-0.05, 0) is 42.2 Å². The van der Waals surface area contributed by atoms with Crippen molar-refractivity contribution in [2.45, 2.75) is 38.1 Å². The minimum Gasteiger partial charge on any atom is -0.327 e. The van der Waals surface area contributed by atoms with Crippen LogP contribution >= 0.6 is 22.9 Å². The van der Waals surface area contributed by atoms with E-state index in [0.29, 0.717) is 6.04 Å². The van der Waals surface area contributed by atoms with Crippen LogP contribution in [-0.2, 0) is 6.42 Å². The number of hydrogen-bond donors (Lipinski definition) is 1. The van der Waals surface area contributed by atoms with Crippen LogP contribution in [0, 0.1) is 5.92 Å². The van der Waals surface area contributed by atoms with E-state index in [9.17, 15) is 0 Å². The highest BCUT2D eigenvalue weighted by Gasteiger charge is 2.22. The molecule has 1 nitrogen and oxygen atoms in total. The van der Waals surface area contributed by atoms with Gasteiger partial charge in [0.15, 0.2) is 0 Å². The van der Waals surface area contributed by atoms with E-state index in [-0.39, 0.29) is 0 Å². The maximum Gasteiger partial charge on any atom is 0.0931 e. The van der Waals surface area contributed by atoms with Crippen LogP contribution in [0.1, 0.15) is 31.2 Å². The van der Waals surface area contributed by atoms with Crippen molar-refractivity contribution in [2.75, 3.05) is 0 Å². The average Bonchev–Trinajstić information content (AvgIpc) is 2.75. The SMILES string of the molecule is NC(Cc1csc(Cl)c1)C1CCCC1. The molecule has 0 saturated heterocycles. The molecule has 1 atom stereocenters. The molecule has 2 rings (SSSR count). The van der Waals surface area contributed by atoms with E-state index in [4.69, 9.17) is 17.3 Å². The molecule has 1 saturated carbocycles. The normalized spacial score (nSPS) is 20.1. The first-order valence-corrected chi connectivity index (χ1v) is 6.50. The number of thiophene rings is 1. The Hall–Kier alpha value is -0.0500. The molecule has 1 heterocycles. The first kappa shape index (κ1) is 10.5. The molecule has 1 unspecified atom stereocenters. The van der Waals surface area contributed by atoms with Gasteiger partial charge in [0.1, 0.15) is 0 Å². The molecule has 0 spiro atoms. The summed E-state index contributed by atoms with van der Waals surface area (Å²) in [6.07, 6.45) is 6.36. The molecule has 0 bridgehead atoms. The Morgan fingerprint density at radius 1 is 1.50 bits per heavy atom. The van der Waals surface area contributed by atoms with Crippen molar-refractivity contribution >= 4 is 22.9 Å². The quantitative estimate of drug-likeness (QED) is 0.844. The van der Waals surface area contributed by atoms with Crippen molar-refractivity contribution in [1.29, 1.82) is 0 Å². The van der Waals surface area contributed by atoms with E-state index in [1.165, 1.54) is 31.2 Å². The molecule has 0 amide bonds. The summed E-state index contributed by atoms with van der Waals surface area (Å²) in [5.41, 5.74) is 7.49. The van der Waals surface area contributed by atoms with Crippen LogP contribution in [0.5, 0.6) is 0 Å². The van der Waals surface area contributed by atoms with Gasteiger partial charge < -0.3 is 5.73 Å². The van der Waals surface area contributed by atoms with E-state index < -0.39 is 0 Å². The van der Waals surface area contributed by atoms with Gasteiger partial charge in [-0.3, -0.25) is 0 Å². The third-order valence-electron chi connectivity index (χ3n) is 3.10. The summed E-state index contributed by atoms with van der Waals surface area (Å²) in [6, 6.07) is 2.38. The molecule has 3 heteroatoms. The first-order chi connectivity index (χ1) is 6.75. The van der Waals surface area contributed by atoms with Gasteiger partial charge in [-0.2, -0.15) is 0 Å². The Bertz CT molecular complexity index is 291. The Morgan fingerprint density at radius 2 is 2.21 bits per heavy atom. The summed E-state index contributed by atoms with van der Waals surface area (Å²) in [5, 5.41) is 2.12. The van der Waals surface area contributed by atoms with Crippen molar-refractivity contribution in [3.05, 3.63) is 21.3 Å². The second-order valence-electron chi connectivity index (χ2n) is 4.17. The smallest absolute Gasteiger partial charge is 0.0931 e. The van der Waals surface area contributed by atoms with E-state index in [1.807, 2.05) is 6.07 Å². The molecule has 1 fully saturated rings. The summed E-state index contributed by atoms with van der Waals surface area (Å²) >= 11 is 7.48. The molecule has 0 radical (unpaired) electrons. The lowest BCUT2D eigenvalue weighted by atomic mass is 9.94. The lowest BCUT2D eigenvalue weighted by molar-refractivity contribution is 0.429. The third-order valence-corrected chi connectivity index (χ3v) is 4.24.